The third-order valence-corrected chi connectivity index (χ3v) is 4.28. The third kappa shape index (κ3) is 4.99. The number of benzene rings is 2. The number of halogens is 1. The average molecular weight is 429 g/mol. The highest BCUT2D eigenvalue weighted by Gasteiger charge is 2.24. The number of anilines is 1. The van der Waals surface area contributed by atoms with E-state index in [4.69, 9.17) is 25.8 Å². The standard InChI is InChI=1S/C22H21ClN2O5/c1-4-28-19-12-14(10-17(23)20(19)29-5-2)11-18-22(27)30-21(25-18)15-6-8-16(9-7-15)24-13(3)26/h6-12H,4-5H2,1-3H3,(H,24,26)/b18-11-. The van der Waals surface area contributed by atoms with Crippen LogP contribution in [-0.4, -0.2) is 31.0 Å². The van der Waals surface area contributed by atoms with Gasteiger partial charge >= 0.3 is 5.97 Å². The van der Waals surface area contributed by atoms with Crippen LogP contribution < -0.4 is 14.8 Å². The van der Waals surface area contributed by atoms with Crippen molar-refractivity contribution in [1.29, 1.82) is 0 Å². The molecule has 1 N–H and O–H groups in total. The molecule has 2 aromatic carbocycles. The van der Waals surface area contributed by atoms with Gasteiger partial charge in [-0.05, 0) is 61.9 Å². The summed E-state index contributed by atoms with van der Waals surface area (Å²) in [5, 5.41) is 3.05. The molecule has 0 saturated heterocycles. The van der Waals surface area contributed by atoms with Crippen molar-refractivity contribution in [2.24, 2.45) is 4.99 Å². The van der Waals surface area contributed by atoms with E-state index in [2.05, 4.69) is 10.3 Å². The van der Waals surface area contributed by atoms with Crippen LogP contribution in [-0.2, 0) is 14.3 Å². The summed E-state index contributed by atoms with van der Waals surface area (Å²) in [4.78, 5) is 27.7. The first kappa shape index (κ1) is 21.4. The van der Waals surface area contributed by atoms with E-state index in [-0.39, 0.29) is 17.5 Å². The Balaban J connectivity index is 1.89. The number of amides is 1. The normalized spacial score (nSPS) is 14.3. The van der Waals surface area contributed by atoms with Crippen molar-refractivity contribution >= 4 is 41.1 Å². The zero-order valence-corrected chi connectivity index (χ0v) is 17.6. The summed E-state index contributed by atoms with van der Waals surface area (Å²) in [5.74, 6) is 0.392. The fourth-order valence-corrected chi connectivity index (χ4v) is 3.08. The lowest BCUT2D eigenvalue weighted by molar-refractivity contribution is -0.129. The van der Waals surface area contributed by atoms with Gasteiger partial charge in [0, 0.05) is 18.2 Å². The summed E-state index contributed by atoms with van der Waals surface area (Å²) in [6, 6.07) is 10.2. The molecule has 30 heavy (non-hydrogen) atoms. The number of hydrogen-bond donors (Lipinski definition) is 1. The molecule has 0 saturated carbocycles. The van der Waals surface area contributed by atoms with Crippen molar-refractivity contribution in [2.75, 3.05) is 18.5 Å². The van der Waals surface area contributed by atoms with Gasteiger partial charge in [-0.2, -0.15) is 0 Å². The zero-order chi connectivity index (χ0) is 21.7. The van der Waals surface area contributed by atoms with Crippen LogP contribution in [0.5, 0.6) is 11.5 Å². The maximum atomic E-state index is 12.3. The Bertz CT molecular complexity index is 1030. The molecular formula is C22H21ClN2O5. The first-order valence-electron chi connectivity index (χ1n) is 9.41. The molecule has 1 aliphatic heterocycles. The molecule has 8 heteroatoms. The topological polar surface area (TPSA) is 86.2 Å². The molecule has 0 aliphatic carbocycles. The molecule has 0 spiro atoms. The molecular weight excluding hydrogens is 408 g/mol. The van der Waals surface area contributed by atoms with Gasteiger partial charge in [0.15, 0.2) is 17.2 Å². The van der Waals surface area contributed by atoms with E-state index in [0.717, 1.165) is 0 Å². The number of esters is 1. The fourth-order valence-electron chi connectivity index (χ4n) is 2.81. The number of nitrogens with one attached hydrogen (secondary N) is 1. The van der Waals surface area contributed by atoms with E-state index in [1.807, 2.05) is 13.8 Å². The Kier molecular flexibility index (Phi) is 6.74. The second-order valence-corrected chi connectivity index (χ2v) is 6.70. The van der Waals surface area contributed by atoms with E-state index < -0.39 is 5.97 Å². The number of nitrogens with zero attached hydrogens (tertiary/aromatic N) is 1. The molecule has 1 heterocycles. The first-order valence-corrected chi connectivity index (χ1v) is 9.78. The zero-order valence-electron chi connectivity index (χ0n) is 16.8. The average Bonchev–Trinajstić information content (AvgIpc) is 3.05. The van der Waals surface area contributed by atoms with Gasteiger partial charge in [0.1, 0.15) is 0 Å². The monoisotopic (exact) mass is 428 g/mol. The van der Waals surface area contributed by atoms with Crippen LogP contribution in [0.3, 0.4) is 0 Å². The fraction of sp³-hybridized carbons (Fsp3) is 0.227. The van der Waals surface area contributed by atoms with Crippen LogP contribution in [0.4, 0.5) is 5.69 Å². The lowest BCUT2D eigenvalue weighted by Gasteiger charge is -2.13. The largest absolute Gasteiger partial charge is 0.490 e. The first-order chi connectivity index (χ1) is 14.4. The van der Waals surface area contributed by atoms with E-state index in [1.54, 1.807) is 42.5 Å². The minimum Gasteiger partial charge on any atom is -0.490 e. The molecule has 0 aromatic heterocycles. The summed E-state index contributed by atoms with van der Waals surface area (Å²) >= 11 is 6.33. The van der Waals surface area contributed by atoms with Crippen LogP contribution in [0.15, 0.2) is 47.1 Å². The second-order valence-electron chi connectivity index (χ2n) is 6.29. The predicted octanol–water partition coefficient (Wildman–Crippen LogP) is 4.44. The van der Waals surface area contributed by atoms with Gasteiger partial charge in [-0.25, -0.2) is 9.79 Å². The molecule has 0 fully saturated rings. The lowest BCUT2D eigenvalue weighted by atomic mass is 10.1. The van der Waals surface area contributed by atoms with E-state index in [9.17, 15) is 9.59 Å². The molecule has 1 amide bonds. The van der Waals surface area contributed by atoms with Gasteiger partial charge in [-0.3, -0.25) is 4.79 Å². The van der Waals surface area contributed by atoms with Crippen molar-refractivity contribution < 1.29 is 23.8 Å². The SMILES string of the molecule is CCOc1cc(/C=C2\N=C(c3ccc(NC(C)=O)cc3)OC2=O)cc(Cl)c1OCC. The van der Waals surface area contributed by atoms with Crippen molar-refractivity contribution in [3.05, 3.63) is 58.2 Å². The van der Waals surface area contributed by atoms with Crippen molar-refractivity contribution in [3.63, 3.8) is 0 Å². The highest BCUT2D eigenvalue weighted by molar-refractivity contribution is 6.32. The minimum absolute atomic E-state index is 0.138. The van der Waals surface area contributed by atoms with Crippen LogP contribution >= 0.6 is 11.6 Å². The summed E-state index contributed by atoms with van der Waals surface area (Å²) in [6.45, 7) is 6.03. The smallest absolute Gasteiger partial charge is 0.363 e. The van der Waals surface area contributed by atoms with Gasteiger partial charge in [0.05, 0.1) is 18.2 Å². The number of carbonyl (C=O) groups is 2. The van der Waals surface area contributed by atoms with Gasteiger partial charge in [0.2, 0.25) is 11.8 Å². The Labute approximate surface area is 179 Å². The Morgan fingerprint density at radius 1 is 1.17 bits per heavy atom. The van der Waals surface area contributed by atoms with E-state index in [0.29, 0.717) is 46.5 Å². The molecule has 7 nitrogen and oxygen atoms in total. The molecule has 156 valence electrons. The number of ether oxygens (including phenoxy) is 3. The third-order valence-electron chi connectivity index (χ3n) is 4.00. The molecule has 3 rings (SSSR count). The Morgan fingerprint density at radius 3 is 2.50 bits per heavy atom. The maximum Gasteiger partial charge on any atom is 0.363 e. The summed E-state index contributed by atoms with van der Waals surface area (Å²) in [6.07, 6.45) is 1.57. The van der Waals surface area contributed by atoms with Gasteiger partial charge in [-0.1, -0.05) is 11.6 Å². The number of cyclic esters (lactones) is 1. The maximum absolute atomic E-state index is 12.3. The van der Waals surface area contributed by atoms with Crippen molar-refractivity contribution in [3.8, 4) is 11.5 Å². The van der Waals surface area contributed by atoms with Crippen LogP contribution in [0.25, 0.3) is 6.08 Å². The van der Waals surface area contributed by atoms with Crippen LogP contribution in [0.2, 0.25) is 5.02 Å². The summed E-state index contributed by atoms with van der Waals surface area (Å²) in [5.41, 5.74) is 2.02. The quantitative estimate of drug-likeness (QED) is 0.520. The molecule has 2 aromatic rings. The summed E-state index contributed by atoms with van der Waals surface area (Å²) < 4.78 is 16.5. The predicted molar refractivity (Wildman–Crippen MR) is 115 cm³/mol. The minimum atomic E-state index is -0.570. The van der Waals surface area contributed by atoms with Crippen LogP contribution in [0.1, 0.15) is 31.9 Å². The molecule has 1 aliphatic rings. The Morgan fingerprint density at radius 2 is 1.87 bits per heavy atom. The number of hydrogen-bond acceptors (Lipinski definition) is 6. The number of carbonyl (C=O) groups excluding carboxylic acids is 2. The molecule has 0 atom stereocenters. The van der Waals surface area contributed by atoms with Gasteiger partial charge < -0.3 is 19.5 Å². The number of rotatable bonds is 7. The summed E-state index contributed by atoms with van der Waals surface area (Å²) in [7, 11) is 0. The van der Waals surface area contributed by atoms with Crippen LogP contribution in [0, 0.1) is 0 Å². The van der Waals surface area contributed by atoms with Gasteiger partial charge in [0.25, 0.3) is 0 Å². The van der Waals surface area contributed by atoms with E-state index in [1.165, 1.54) is 6.92 Å². The number of aliphatic imine (C=N–C) groups is 1. The molecule has 0 unspecified atom stereocenters. The Hall–Kier alpha value is -3.32. The highest BCUT2D eigenvalue weighted by Crippen LogP contribution is 2.37. The van der Waals surface area contributed by atoms with Gasteiger partial charge in [-0.15, -0.1) is 0 Å². The second kappa shape index (κ2) is 9.45. The van der Waals surface area contributed by atoms with E-state index >= 15 is 0 Å². The highest BCUT2D eigenvalue weighted by atomic mass is 35.5. The lowest BCUT2D eigenvalue weighted by Crippen LogP contribution is -2.07. The molecule has 0 bridgehead atoms. The molecule has 0 radical (unpaired) electrons. The van der Waals surface area contributed by atoms with Crippen molar-refractivity contribution in [2.45, 2.75) is 20.8 Å². The van der Waals surface area contributed by atoms with Crippen molar-refractivity contribution in [1.82, 2.24) is 0 Å².